The Labute approximate surface area is 103 Å². The first kappa shape index (κ1) is 10.8. The number of hydrogen-bond donors (Lipinski definition) is 2. The van der Waals surface area contributed by atoms with Gasteiger partial charge < -0.3 is 10.7 Å². The number of aromatic nitrogens is 2. The predicted octanol–water partition coefficient (Wildman–Crippen LogP) is 3.26. The number of H-pyrrole nitrogens is 1. The maximum Gasteiger partial charge on any atom is 0.139 e. The van der Waals surface area contributed by atoms with Crippen molar-refractivity contribution in [1.82, 2.24) is 9.97 Å². The van der Waals surface area contributed by atoms with Gasteiger partial charge in [0.25, 0.3) is 0 Å². The van der Waals surface area contributed by atoms with Crippen molar-refractivity contribution in [2.24, 2.45) is 0 Å². The number of hydrogen-bond acceptors (Lipinski definition) is 2. The van der Waals surface area contributed by atoms with Gasteiger partial charge in [0.2, 0.25) is 0 Å². The summed E-state index contributed by atoms with van der Waals surface area (Å²) in [6.07, 6.45) is 3.43. The third kappa shape index (κ3) is 1.54. The van der Waals surface area contributed by atoms with E-state index in [-0.39, 0.29) is 5.82 Å². The predicted molar refractivity (Wildman–Crippen MR) is 70.6 cm³/mol. The number of fused-ring (bicyclic) bond motifs is 1. The van der Waals surface area contributed by atoms with E-state index < -0.39 is 0 Å². The molecule has 0 radical (unpaired) electrons. The van der Waals surface area contributed by atoms with Gasteiger partial charge in [-0.25, -0.2) is 9.37 Å². The normalized spacial score (nSPS) is 11.0. The van der Waals surface area contributed by atoms with Gasteiger partial charge in [0.15, 0.2) is 0 Å². The van der Waals surface area contributed by atoms with E-state index in [0.717, 1.165) is 22.2 Å². The second-order valence-electron chi connectivity index (χ2n) is 4.29. The fourth-order valence-electron chi connectivity index (χ4n) is 2.13. The molecule has 0 saturated carbocycles. The van der Waals surface area contributed by atoms with E-state index in [0.29, 0.717) is 11.3 Å². The van der Waals surface area contributed by atoms with E-state index in [1.807, 2.05) is 12.1 Å². The number of benzene rings is 1. The summed E-state index contributed by atoms with van der Waals surface area (Å²) in [7, 11) is 0. The summed E-state index contributed by atoms with van der Waals surface area (Å²) in [5.41, 5.74) is 9.84. The lowest BCUT2D eigenvalue weighted by Crippen LogP contribution is -1.88. The van der Waals surface area contributed by atoms with Crippen LogP contribution in [-0.2, 0) is 0 Å². The number of nitrogens with one attached hydrogen (secondary N) is 1. The molecule has 3 rings (SSSR count). The van der Waals surface area contributed by atoms with E-state index in [9.17, 15) is 4.39 Å². The molecule has 3 N–H and O–H groups in total. The van der Waals surface area contributed by atoms with Crippen molar-refractivity contribution in [3.8, 4) is 11.1 Å². The smallest absolute Gasteiger partial charge is 0.139 e. The van der Waals surface area contributed by atoms with Gasteiger partial charge in [-0.3, -0.25) is 0 Å². The van der Waals surface area contributed by atoms with Crippen LogP contribution in [0.5, 0.6) is 0 Å². The summed E-state index contributed by atoms with van der Waals surface area (Å²) in [4.78, 5) is 7.23. The molecule has 0 atom stereocenters. The van der Waals surface area contributed by atoms with Gasteiger partial charge in [-0.2, -0.15) is 0 Å². The third-order valence-corrected chi connectivity index (χ3v) is 3.07. The van der Waals surface area contributed by atoms with Crippen molar-refractivity contribution in [3.63, 3.8) is 0 Å². The van der Waals surface area contributed by atoms with E-state index in [2.05, 4.69) is 9.97 Å². The first-order chi connectivity index (χ1) is 8.66. The molecule has 0 aliphatic rings. The minimum atomic E-state index is -0.203. The van der Waals surface area contributed by atoms with Crippen LogP contribution >= 0.6 is 0 Å². The van der Waals surface area contributed by atoms with E-state index in [4.69, 9.17) is 5.73 Å². The fourth-order valence-corrected chi connectivity index (χ4v) is 2.13. The number of aromatic amines is 1. The van der Waals surface area contributed by atoms with Crippen LogP contribution in [0.3, 0.4) is 0 Å². The summed E-state index contributed by atoms with van der Waals surface area (Å²) >= 11 is 0. The molecule has 4 heteroatoms. The Hall–Kier alpha value is -2.36. The molecular formula is C14H12FN3. The number of nitrogens with two attached hydrogens (primary N) is 1. The topological polar surface area (TPSA) is 54.7 Å². The number of rotatable bonds is 1. The summed E-state index contributed by atoms with van der Waals surface area (Å²) in [5, 5.41) is 0.878. The Morgan fingerprint density at radius 3 is 2.89 bits per heavy atom. The SMILES string of the molecule is Cc1cc(-c2ccnc3[nH]cc(N)c23)ccc1F. The molecule has 0 saturated heterocycles. The van der Waals surface area contributed by atoms with Gasteiger partial charge in [-0.15, -0.1) is 0 Å². The van der Waals surface area contributed by atoms with Gasteiger partial charge in [-0.05, 0) is 41.8 Å². The van der Waals surface area contributed by atoms with Crippen molar-refractivity contribution in [3.05, 3.63) is 48.0 Å². The third-order valence-electron chi connectivity index (χ3n) is 3.07. The molecule has 90 valence electrons. The number of nitrogens with zero attached hydrogens (tertiary/aromatic N) is 1. The average molecular weight is 241 g/mol. The molecule has 1 aromatic carbocycles. The Morgan fingerprint density at radius 1 is 1.28 bits per heavy atom. The Bertz CT molecular complexity index is 731. The highest BCUT2D eigenvalue weighted by atomic mass is 19.1. The highest BCUT2D eigenvalue weighted by molar-refractivity contribution is 6.01. The zero-order chi connectivity index (χ0) is 12.7. The zero-order valence-corrected chi connectivity index (χ0v) is 9.87. The molecule has 2 heterocycles. The molecule has 0 bridgehead atoms. The van der Waals surface area contributed by atoms with E-state index >= 15 is 0 Å². The Morgan fingerprint density at radius 2 is 2.11 bits per heavy atom. The molecule has 2 aromatic heterocycles. The zero-order valence-electron chi connectivity index (χ0n) is 9.87. The molecular weight excluding hydrogens is 229 g/mol. The van der Waals surface area contributed by atoms with Crippen LogP contribution in [0.4, 0.5) is 10.1 Å². The molecule has 3 nitrogen and oxygen atoms in total. The molecule has 0 aliphatic heterocycles. The largest absolute Gasteiger partial charge is 0.397 e. The van der Waals surface area contributed by atoms with Crippen molar-refractivity contribution in [2.75, 3.05) is 5.73 Å². The van der Waals surface area contributed by atoms with Crippen LogP contribution < -0.4 is 5.73 Å². The second kappa shape index (κ2) is 3.84. The molecule has 0 amide bonds. The van der Waals surface area contributed by atoms with E-state index in [1.165, 1.54) is 6.07 Å². The molecule has 3 aromatic rings. The molecule has 0 unspecified atom stereocenters. The monoisotopic (exact) mass is 241 g/mol. The average Bonchev–Trinajstić information content (AvgIpc) is 2.75. The van der Waals surface area contributed by atoms with Gasteiger partial charge in [0.1, 0.15) is 11.5 Å². The van der Waals surface area contributed by atoms with Gasteiger partial charge in [-0.1, -0.05) is 6.07 Å². The molecule has 0 spiro atoms. The van der Waals surface area contributed by atoms with Crippen molar-refractivity contribution in [1.29, 1.82) is 0 Å². The maximum atomic E-state index is 13.3. The van der Waals surface area contributed by atoms with Gasteiger partial charge in [0, 0.05) is 17.8 Å². The first-order valence-corrected chi connectivity index (χ1v) is 5.65. The Kier molecular flexibility index (Phi) is 2.30. The van der Waals surface area contributed by atoms with Crippen LogP contribution in [0, 0.1) is 12.7 Å². The summed E-state index contributed by atoms with van der Waals surface area (Å²) < 4.78 is 13.3. The summed E-state index contributed by atoms with van der Waals surface area (Å²) in [5.74, 6) is -0.203. The van der Waals surface area contributed by atoms with Crippen LogP contribution in [-0.4, -0.2) is 9.97 Å². The van der Waals surface area contributed by atoms with Crippen molar-refractivity contribution < 1.29 is 4.39 Å². The fraction of sp³-hybridized carbons (Fsp3) is 0.0714. The van der Waals surface area contributed by atoms with Crippen molar-refractivity contribution >= 4 is 16.7 Å². The van der Waals surface area contributed by atoms with Crippen LogP contribution in [0.2, 0.25) is 0 Å². The summed E-state index contributed by atoms with van der Waals surface area (Å²) in [6.45, 7) is 1.75. The first-order valence-electron chi connectivity index (χ1n) is 5.65. The highest BCUT2D eigenvalue weighted by Gasteiger charge is 2.10. The quantitative estimate of drug-likeness (QED) is 0.687. The maximum absolute atomic E-state index is 13.3. The van der Waals surface area contributed by atoms with E-state index in [1.54, 1.807) is 25.4 Å². The number of anilines is 1. The van der Waals surface area contributed by atoms with Crippen LogP contribution in [0.15, 0.2) is 36.7 Å². The second-order valence-corrected chi connectivity index (χ2v) is 4.29. The minimum Gasteiger partial charge on any atom is -0.397 e. The van der Waals surface area contributed by atoms with Crippen LogP contribution in [0.1, 0.15) is 5.56 Å². The molecule has 0 aliphatic carbocycles. The Balaban J connectivity index is 2.30. The lowest BCUT2D eigenvalue weighted by atomic mass is 10.0. The van der Waals surface area contributed by atoms with Gasteiger partial charge >= 0.3 is 0 Å². The van der Waals surface area contributed by atoms with Gasteiger partial charge in [0.05, 0.1) is 5.69 Å². The van der Waals surface area contributed by atoms with Crippen molar-refractivity contribution in [2.45, 2.75) is 6.92 Å². The standard InChI is InChI=1S/C14H12FN3/c1-8-6-9(2-3-11(8)15)10-4-5-17-14-13(10)12(16)7-18-14/h2-7H,16H2,1H3,(H,17,18). The highest BCUT2D eigenvalue weighted by Crippen LogP contribution is 2.31. The molecule has 18 heavy (non-hydrogen) atoms. The lowest BCUT2D eigenvalue weighted by Gasteiger charge is -2.06. The summed E-state index contributed by atoms with van der Waals surface area (Å²) in [6, 6.07) is 6.93. The lowest BCUT2D eigenvalue weighted by molar-refractivity contribution is 0.619. The number of halogens is 1. The van der Waals surface area contributed by atoms with Crippen LogP contribution in [0.25, 0.3) is 22.2 Å². The minimum absolute atomic E-state index is 0.203. The number of pyridine rings is 1. The number of aryl methyl sites for hydroxylation is 1. The molecule has 0 fully saturated rings. The number of nitrogen functional groups attached to an aromatic ring is 1.